The molecule has 0 aromatic carbocycles. The summed E-state index contributed by atoms with van der Waals surface area (Å²) in [7, 11) is 0. The fraction of sp³-hybridized carbons (Fsp3) is 0.444. The smallest absolute Gasteiger partial charge is 0.235 e. The summed E-state index contributed by atoms with van der Waals surface area (Å²) in [6, 6.07) is 0. The lowest BCUT2D eigenvalue weighted by molar-refractivity contribution is -0.117. The third kappa shape index (κ3) is 2.48. The summed E-state index contributed by atoms with van der Waals surface area (Å²) in [5.41, 5.74) is 5.66. The Morgan fingerprint density at radius 1 is 1.41 bits per heavy atom. The summed E-state index contributed by atoms with van der Waals surface area (Å²) in [6.07, 6.45) is 0.466. The average molecular weight is 340 g/mol. The van der Waals surface area contributed by atoms with Crippen LogP contribution < -0.4 is 10.6 Å². The summed E-state index contributed by atoms with van der Waals surface area (Å²) in [4.78, 5) is 21.2. The zero-order valence-corrected chi connectivity index (χ0v) is 11.8. The monoisotopic (exact) mass is 338 g/mol. The van der Waals surface area contributed by atoms with Gasteiger partial charge in [0.05, 0.1) is 0 Å². The van der Waals surface area contributed by atoms with Crippen molar-refractivity contribution in [1.82, 2.24) is 9.97 Å². The normalized spacial score (nSPS) is 20.1. The van der Waals surface area contributed by atoms with Crippen molar-refractivity contribution in [3.05, 3.63) is 10.3 Å². The molecule has 1 aliphatic heterocycles. The molecule has 1 aromatic rings. The number of hydrogen-bond donors (Lipinski definition) is 1. The molecule has 1 aromatic heterocycles. The lowest BCUT2D eigenvalue weighted by Gasteiger charge is -2.15. The molecule has 2 heterocycles. The van der Waals surface area contributed by atoms with E-state index in [-0.39, 0.29) is 33.8 Å². The van der Waals surface area contributed by atoms with E-state index < -0.39 is 0 Å². The maximum absolute atomic E-state index is 11.8. The van der Waals surface area contributed by atoms with E-state index in [1.165, 1.54) is 4.90 Å². The number of carbonyl (C=O) groups excluding carboxylic acids is 1. The molecule has 2 rings (SSSR count). The fourth-order valence-corrected chi connectivity index (χ4v) is 2.42. The Hall–Kier alpha value is -0.590. The van der Waals surface area contributed by atoms with Crippen molar-refractivity contribution >= 4 is 56.7 Å². The van der Waals surface area contributed by atoms with E-state index in [2.05, 4.69) is 25.9 Å². The van der Waals surface area contributed by atoms with Crippen LogP contribution in [-0.2, 0) is 4.79 Å². The van der Waals surface area contributed by atoms with Crippen molar-refractivity contribution in [2.45, 2.75) is 6.42 Å². The highest BCUT2D eigenvalue weighted by Gasteiger charge is 2.32. The number of nitrogen functional groups attached to an aromatic ring is 1. The lowest BCUT2D eigenvalue weighted by Crippen LogP contribution is -2.27. The third-order valence-electron chi connectivity index (χ3n) is 2.51. The van der Waals surface area contributed by atoms with Gasteiger partial charge < -0.3 is 5.73 Å². The van der Waals surface area contributed by atoms with E-state index in [1.807, 2.05) is 0 Å². The van der Waals surface area contributed by atoms with E-state index >= 15 is 0 Å². The van der Waals surface area contributed by atoms with Gasteiger partial charge in [0.1, 0.15) is 5.69 Å². The minimum atomic E-state index is -0.0358. The first-order valence-corrected chi connectivity index (χ1v) is 6.75. The van der Waals surface area contributed by atoms with Gasteiger partial charge in [-0.1, -0.05) is 39.1 Å². The second-order valence-electron chi connectivity index (χ2n) is 3.75. The van der Waals surface area contributed by atoms with Gasteiger partial charge in [0, 0.05) is 18.3 Å². The van der Waals surface area contributed by atoms with Crippen molar-refractivity contribution in [2.75, 3.05) is 22.5 Å². The summed E-state index contributed by atoms with van der Waals surface area (Å²) in [6.45, 7) is 0.556. The Labute approximate surface area is 116 Å². The SMILES string of the molecule is Nc1c(Cl)nc(N2CC(CBr)CC2=O)nc1Cl. The number of nitrogens with two attached hydrogens (primary N) is 1. The van der Waals surface area contributed by atoms with Crippen molar-refractivity contribution < 1.29 is 4.79 Å². The average Bonchev–Trinajstić information content (AvgIpc) is 2.67. The molecular weight excluding hydrogens is 331 g/mol. The van der Waals surface area contributed by atoms with Gasteiger partial charge in [-0.05, 0) is 5.92 Å². The largest absolute Gasteiger partial charge is 0.394 e. The molecule has 92 valence electrons. The van der Waals surface area contributed by atoms with Crippen LogP contribution in [0.25, 0.3) is 0 Å². The molecule has 1 aliphatic rings. The highest BCUT2D eigenvalue weighted by atomic mass is 79.9. The Morgan fingerprint density at radius 3 is 2.47 bits per heavy atom. The molecule has 1 saturated heterocycles. The highest BCUT2D eigenvalue weighted by Crippen LogP contribution is 2.29. The summed E-state index contributed by atoms with van der Waals surface area (Å²) in [5, 5.41) is 0.885. The van der Waals surface area contributed by atoms with Crippen LogP contribution in [0.3, 0.4) is 0 Å². The van der Waals surface area contributed by atoms with E-state index in [4.69, 9.17) is 28.9 Å². The Balaban J connectivity index is 2.32. The molecule has 0 spiro atoms. The van der Waals surface area contributed by atoms with Crippen LogP contribution in [0.15, 0.2) is 0 Å². The van der Waals surface area contributed by atoms with Gasteiger partial charge >= 0.3 is 0 Å². The van der Waals surface area contributed by atoms with Crippen molar-refractivity contribution in [2.24, 2.45) is 5.92 Å². The number of carbonyl (C=O) groups is 1. The topological polar surface area (TPSA) is 72.1 Å². The minimum absolute atomic E-state index is 0.0358. The molecule has 0 saturated carbocycles. The van der Waals surface area contributed by atoms with Gasteiger partial charge in [-0.15, -0.1) is 0 Å². The molecule has 1 unspecified atom stereocenters. The fourth-order valence-electron chi connectivity index (χ4n) is 1.61. The first kappa shape index (κ1) is 12.9. The van der Waals surface area contributed by atoms with Gasteiger partial charge in [-0.25, -0.2) is 0 Å². The second kappa shape index (κ2) is 4.96. The Morgan fingerprint density at radius 2 is 2.00 bits per heavy atom. The molecule has 0 aliphatic carbocycles. The Bertz CT molecular complexity index is 447. The van der Waals surface area contributed by atoms with E-state index in [0.29, 0.717) is 13.0 Å². The number of amides is 1. The molecule has 0 radical (unpaired) electrons. The zero-order chi connectivity index (χ0) is 12.6. The standard InChI is InChI=1S/C9H9BrCl2N4O/c10-2-4-1-5(17)16(3-4)9-14-7(11)6(13)8(12)15-9/h4H,1-3,13H2. The minimum Gasteiger partial charge on any atom is -0.394 e. The molecule has 8 heteroatoms. The predicted molar refractivity (Wildman–Crippen MR) is 70.7 cm³/mol. The number of alkyl halides is 1. The number of nitrogens with zero attached hydrogens (tertiary/aromatic N) is 3. The summed E-state index contributed by atoms with van der Waals surface area (Å²) < 4.78 is 0. The van der Waals surface area contributed by atoms with Crippen molar-refractivity contribution in [1.29, 1.82) is 0 Å². The Kier molecular flexibility index (Phi) is 3.75. The molecule has 2 N–H and O–H groups in total. The first-order chi connectivity index (χ1) is 8.02. The van der Waals surface area contributed by atoms with Crippen LogP contribution in [0.4, 0.5) is 11.6 Å². The highest BCUT2D eigenvalue weighted by molar-refractivity contribution is 9.09. The maximum Gasteiger partial charge on any atom is 0.235 e. The number of halogens is 3. The molecular formula is C9H9BrCl2N4O. The van der Waals surface area contributed by atoms with Crippen LogP contribution in [0, 0.1) is 5.92 Å². The quantitative estimate of drug-likeness (QED) is 0.661. The molecule has 0 bridgehead atoms. The van der Waals surface area contributed by atoms with Gasteiger partial charge in [0.15, 0.2) is 10.3 Å². The maximum atomic E-state index is 11.8. The van der Waals surface area contributed by atoms with Crippen LogP contribution in [-0.4, -0.2) is 27.7 Å². The van der Waals surface area contributed by atoms with E-state index in [9.17, 15) is 4.79 Å². The number of anilines is 2. The van der Waals surface area contributed by atoms with Gasteiger partial charge in [-0.3, -0.25) is 9.69 Å². The molecule has 1 fully saturated rings. The van der Waals surface area contributed by atoms with Gasteiger partial charge in [-0.2, -0.15) is 9.97 Å². The zero-order valence-electron chi connectivity index (χ0n) is 8.66. The van der Waals surface area contributed by atoms with Crippen molar-refractivity contribution in [3.63, 3.8) is 0 Å². The number of hydrogen-bond acceptors (Lipinski definition) is 4. The van der Waals surface area contributed by atoms with Gasteiger partial charge in [0.2, 0.25) is 11.9 Å². The molecule has 5 nitrogen and oxygen atoms in total. The molecule has 1 amide bonds. The lowest BCUT2D eigenvalue weighted by atomic mass is 10.2. The summed E-state index contributed by atoms with van der Waals surface area (Å²) >= 11 is 15.0. The van der Waals surface area contributed by atoms with E-state index in [1.54, 1.807) is 0 Å². The molecule has 1 atom stereocenters. The first-order valence-electron chi connectivity index (χ1n) is 4.87. The van der Waals surface area contributed by atoms with Gasteiger partial charge in [0.25, 0.3) is 0 Å². The number of aromatic nitrogens is 2. The van der Waals surface area contributed by atoms with Crippen LogP contribution in [0.2, 0.25) is 10.3 Å². The number of rotatable bonds is 2. The van der Waals surface area contributed by atoms with E-state index in [0.717, 1.165) is 5.33 Å². The third-order valence-corrected chi connectivity index (χ3v) is 4.00. The van der Waals surface area contributed by atoms with Crippen molar-refractivity contribution in [3.8, 4) is 0 Å². The summed E-state index contributed by atoms with van der Waals surface area (Å²) in [5.74, 6) is 0.426. The molecule has 17 heavy (non-hydrogen) atoms. The predicted octanol–water partition coefficient (Wildman–Crippen LogP) is 2.11. The van der Waals surface area contributed by atoms with Crippen LogP contribution >= 0.6 is 39.1 Å². The van der Waals surface area contributed by atoms with Crippen LogP contribution in [0.5, 0.6) is 0 Å². The second-order valence-corrected chi connectivity index (χ2v) is 5.11. The van der Waals surface area contributed by atoms with Crippen LogP contribution in [0.1, 0.15) is 6.42 Å².